The highest BCUT2D eigenvalue weighted by molar-refractivity contribution is 7.99. The molecule has 0 fully saturated rings. The first-order valence-corrected chi connectivity index (χ1v) is 9.99. The number of esters is 1. The summed E-state index contributed by atoms with van der Waals surface area (Å²) in [5.74, 6) is 1.38. The number of ether oxygens (including phenoxy) is 1. The molecule has 10 heteroatoms. The van der Waals surface area contributed by atoms with Gasteiger partial charge in [-0.05, 0) is 26.3 Å². The zero-order chi connectivity index (χ0) is 20.3. The van der Waals surface area contributed by atoms with E-state index in [2.05, 4.69) is 20.8 Å². The Labute approximate surface area is 166 Å². The zero-order valence-electron chi connectivity index (χ0n) is 16.2. The molecule has 0 unspecified atom stereocenters. The number of nitrogens with zero attached hydrogens (tertiary/aromatic N) is 3. The molecule has 0 spiro atoms. The van der Waals surface area contributed by atoms with Gasteiger partial charge in [0.1, 0.15) is 5.76 Å². The van der Waals surface area contributed by atoms with E-state index < -0.39 is 5.97 Å². The molecule has 2 N–H and O–H groups in total. The first-order chi connectivity index (χ1) is 13.5. The van der Waals surface area contributed by atoms with Crippen LogP contribution in [0.5, 0.6) is 0 Å². The van der Waals surface area contributed by atoms with Crippen molar-refractivity contribution in [2.45, 2.75) is 38.4 Å². The maximum atomic E-state index is 12.4. The molecule has 2 aromatic heterocycles. The van der Waals surface area contributed by atoms with Crippen LogP contribution in [0.15, 0.2) is 33.2 Å². The van der Waals surface area contributed by atoms with E-state index in [1.165, 1.54) is 11.8 Å². The fourth-order valence-electron chi connectivity index (χ4n) is 3.00. The lowest BCUT2D eigenvalue weighted by molar-refractivity contribution is -0.139. The minimum absolute atomic E-state index is 0.268. The highest BCUT2D eigenvalue weighted by Gasteiger charge is 2.31. The molecule has 3 rings (SSSR count). The summed E-state index contributed by atoms with van der Waals surface area (Å²) in [5.41, 5.74) is 1.85. The van der Waals surface area contributed by atoms with E-state index >= 15 is 0 Å². The number of rotatable bonds is 7. The van der Waals surface area contributed by atoms with Crippen LogP contribution >= 0.6 is 11.8 Å². The Bertz CT molecular complexity index is 917. The summed E-state index contributed by atoms with van der Waals surface area (Å²) in [6.45, 7) is 5.79. The fourth-order valence-corrected chi connectivity index (χ4v) is 3.88. The Morgan fingerprint density at radius 3 is 2.82 bits per heavy atom. The summed E-state index contributed by atoms with van der Waals surface area (Å²) >= 11 is 1.38. The van der Waals surface area contributed by atoms with Gasteiger partial charge in [-0.3, -0.25) is 0 Å². The van der Waals surface area contributed by atoms with Gasteiger partial charge in [0.25, 0.3) is 0 Å². The second-order valence-electron chi connectivity index (χ2n) is 6.22. The topological polar surface area (TPSA) is 111 Å². The molecule has 1 atom stereocenters. The molecule has 1 aliphatic rings. The van der Waals surface area contributed by atoms with E-state index in [4.69, 9.17) is 9.15 Å². The van der Waals surface area contributed by atoms with Gasteiger partial charge in [0.15, 0.2) is 11.0 Å². The van der Waals surface area contributed by atoms with E-state index in [0.29, 0.717) is 34.4 Å². The van der Waals surface area contributed by atoms with Gasteiger partial charge in [0, 0.05) is 18.5 Å². The van der Waals surface area contributed by atoms with Crippen molar-refractivity contribution < 1.29 is 18.7 Å². The lowest BCUT2D eigenvalue weighted by Crippen LogP contribution is -2.50. The number of hydrogen-bond acceptors (Lipinski definition) is 7. The lowest BCUT2D eigenvalue weighted by Gasteiger charge is -2.28. The Morgan fingerprint density at radius 1 is 1.39 bits per heavy atom. The third-order valence-corrected chi connectivity index (χ3v) is 5.47. The van der Waals surface area contributed by atoms with Gasteiger partial charge in [-0.1, -0.05) is 18.7 Å². The van der Waals surface area contributed by atoms with Crippen LogP contribution in [0.4, 0.5) is 4.79 Å². The molecule has 0 saturated carbocycles. The summed E-state index contributed by atoms with van der Waals surface area (Å²) in [7, 11) is 1.86. The van der Waals surface area contributed by atoms with E-state index in [9.17, 15) is 9.59 Å². The smallest absolute Gasteiger partial charge is 0.337 e. The molecular formula is C18H23N5O4S. The summed E-state index contributed by atoms with van der Waals surface area (Å²) in [6.07, 6.45) is 2.20. The van der Waals surface area contributed by atoms with Crippen molar-refractivity contribution in [1.82, 2.24) is 25.4 Å². The van der Waals surface area contributed by atoms with Gasteiger partial charge in [0.05, 0.1) is 30.0 Å². The molecule has 2 amide bonds. The van der Waals surface area contributed by atoms with E-state index in [1.807, 2.05) is 31.5 Å². The quantitative estimate of drug-likeness (QED) is 0.537. The zero-order valence-corrected chi connectivity index (χ0v) is 17.1. The summed E-state index contributed by atoms with van der Waals surface area (Å²) in [4.78, 5) is 24.4. The third kappa shape index (κ3) is 3.91. The number of hydrogen-bond donors (Lipinski definition) is 2. The van der Waals surface area contributed by atoms with E-state index in [1.54, 1.807) is 13.2 Å². The average molecular weight is 405 g/mol. The molecule has 2 aromatic rings. The predicted octanol–water partition coefficient (Wildman–Crippen LogP) is 2.38. The van der Waals surface area contributed by atoms with Crippen molar-refractivity contribution in [1.29, 1.82) is 0 Å². The lowest BCUT2D eigenvalue weighted by atomic mass is 10.0. The van der Waals surface area contributed by atoms with Crippen molar-refractivity contribution in [3.63, 3.8) is 0 Å². The fraction of sp³-hybridized carbons (Fsp3) is 0.444. The van der Waals surface area contributed by atoms with Crippen LogP contribution in [0.3, 0.4) is 0 Å². The molecule has 0 saturated heterocycles. The molecule has 0 bridgehead atoms. The van der Waals surface area contributed by atoms with Crippen LogP contribution in [-0.2, 0) is 16.6 Å². The maximum Gasteiger partial charge on any atom is 0.337 e. The Morgan fingerprint density at radius 2 is 2.18 bits per heavy atom. The monoisotopic (exact) mass is 405 g/mol. The van der Waals surface area contributed by atoms with Gasteiger partial charge < -0.3 is 24.4 Å². The van der Waals surface area contributed by atoms with E-state index in [0.717, 1.165) is 11.3 Å². The van der Waals surface area contributed by atoms with Crippen LogP contribution in [-0.4, -0.2) is 45.2 Å². The second kappa shape index (κ2) is 8.51. The van der Waals surface area contributed by atoms with Crippen LogP contribution < -0.4 is 10.6 Å². The number of thioether (sulfide) groups is 1. The normalized spacial score (nSPS) is 16.7. The number of urea groups is 1. The molecule has 9 nitrogen and oxygen atoms in total. The van der Waals surface area contributed by atoms with Crippen LogP contribution in [0.1, 0.15) is 26.0 Å². The van der Waals surface area contributed by atoms with Gasteiger partial charge >= 0.3 is 12.0 Å². The first-order valence-electron chi connectivity index (χ1n) is 9.00. The van der Waals surface area contributed by atoms with E-state index in [-0.39, 0.29) is 18.7 Å². The summed E-state index contributed by atoms with van der Waals surface area (Å²) in [6, 6.07) is 1.13. The molecule has 3 heterocycles. The Hall–Kier alpha value is -2.75. The number of nitrogens with one attached hydrogen (secondary N) is 2. The standard InChI is InChI=1S/C18H23N5O4S/c1-5-12-14(16(24)26-6-2)13(20-17(25)19-12)9-28-18-22-21-15(23(18)4)11-7-8-27-10(11)3/h7-8,12H,5-6,9H2,1-4H3,(H2,19,20,25)/t12-/m1/s1. The third-order valence-electron chi connectivity index (χ3n) is 4.43. The van der Waals surface area contributed by atoms with Gasteiger partial charge in [-0.15, -0.1) is 10.2 Å². The SMILES string of the molecule is CCOC(=O)C1=C(CSc2nnc(-c3ccoc3C)n2C)NC(=O)N[C@@H]1CC. The highest BCUT2D eigenvalue weighted by Crippen LogP contribution is 2.28. The van der Waals surface area contributed by atoms with Gasteiger partial charge in [-0.25, -0.2) is 9.59 Å². The predicted molar refractivity (Wildman–Crippen MR) is 104 cm³/mol. The maximum absolute atomic E-state index is 12.4. The van der Waals surface area contributed by atoms with Crippen LogP contribution in [0, 0.1) is 6.92 Å². The molecule has 0 aliphatic carbocycles. The number of aromatic nitrogens is 3. The number of carbonyl (C=O) groups excluding carboxylic acids is 2. The van der Waals surface area contributed by atoms with Crippen molar-refractivity contribution in [3.05, 3.63) is 29.4 Å². The van der Waals surface area contributed by atoms with Crippen molar-refractivity contribution in [2.24, 2.45) is 7.05 Å². The van der Waals surface area contributed by atoms with Gasteiger partial charge in [0.2, 0.25) is 0 Å². The van der Waals surface area contributed by atoms with Crippen LogP contribution in [0.25, 0.3) is 11.4 Å². The summed E-state index contributed by atoms with van der Waals surface area (Å²) in [5, 5.41) is 14.6. The number of carbonyl (C=O) groups is 2. The molecule has 150 valence electrons. The number of furan rings is 1. The van der Waals surface area contributed by atoms with Gasteiger partial charge in [-0.2, -0.15) is 0 Å². The Kier molecular flexibility index (Phi) is 6.08. The molecular weight excluding hydrogens is 382 g/mol. The van der Waals surface area contributed by atoms with Crippen LogP contribution in [0.2, 0.25) is 0 Å². The molecule has 1 aliphatic heterocycles. The number of aryl methyl sites for hydroxylation is 1. The average Bonchev–Trinajstić information content (AvgIpc) is 3.24. The Balaban J connectivity index is 1.85. The molecule has 28 heavy (non-hydrogen) atoms. The summed E-state index contributed by atoms with van der Waals surface area (Å²) < 4.78 is 12.4. The highest BCUT2D eigenvalue weighted by atomic mass is 32.2. The minimum Gasteiger partial charge on any atom is -0.469 e. The second-order valence-corrected chi connectivity index (χ2v) is 7.16. The number of amides is 2. The van der Waals surface area contributed by atoms with Crippen molar-refractivity contribution in [2.75, 3.05) is 12.4 Å². The van der Waals surface area contributed by atoms with Crippen molar-refractivity contribution in [3.8, 4) is 11.4 Å². The van der Waals surface area contributed by atoms with Crippen molar-refractivity contribution >= 4 is 23.8 Å². The first kappa shape index (κ1) is 20.0. The largest absolute Gasteiger partial charge is 0.469 e. The molecule has 0 radical (unpaired) electrons. The molecule has 0 aromatic carbocycles. The minimum atomic E-state index is -0.426.